The van der Waals surface area contributed by atoms with Gasteiger partial charge in [-0.25, -0.2) is 4.79 Å². The Balaban J connectivity index is 1.40. The Hall–Kier alpha value is -2.70. The van der Waals surface area contributed by atoms with Gasteiger partial charge in [0.1, 0.15) is 13.2 Å². The molecule has 1 aromatic heterocycles. The first-order valence-corrected chi connectivity index (χ1v) is 8.57. The zero-order chi connectivity index (χ0) is 17.2. The van der Waals surface area contributed by atoms with E-state index in [0.29, 0.717) is 19.8 Å². The minimum absolute atomic E-state index is 0.0403. The monoisotopic (exact) mass is 343 g/mol. The second-order valence-corrected chi connectivity index (χ2v) is 6.36. The molecule has 0 radical (unpaired) electrons. The summed E-state index contributed by atoms with van der Waals surface area (Å²) in [6.45, 7) is 4.16. The standard InChI is InChI=1S/C18H21N3O4/c1-12-9-16(25-20-12)14-3-2-6-21(14)18(22)19-11-13-4-5-15-17(10-13)24-8-7-23-15/h4-5,9-10,14H,2-3,6-8,11H2,1H3,(H,19,22). The van der Waals surface area contributed by atoms with Gasteiger partial charge in [-0.1, -0.05) is 11.2 Å². The van der Waals surface area contributed by atoms with Crippen molar-refractivity contribution in [1.82, 2.24) is 15.4 Å². The van der Waals surface area contributed by atoms with Crippen molar-refractivity contribution >= 4 is 6.03 Å². The molecule has 0 saturated carbocycles. The lowest BCUT2D eigenvalue weighted by atomic mass is 10.1. The number of urea groups is 1. The lowest BCUT2D eigenvalue weighted by Crippen LogP contribution is -2.39. The number of aryl methyl sites for hydroxylation is 1. The van der Waals surface area contributed by atoms with Crippen LogP contribution in [-0.2, 0) is 6.54 Å². The van der Waals surface area contributed by atoms with E-state index in [1.165, 1.54) is 0 Å². The predicted molar refractivity (Wildman–Crippen MR) is 89.6 cm³/mol. The second kappa shape index (κ2) is 6.66. The van der Waals surface area contributed by atoms with Gasteiger partial charge in [0.25, 0.3) is 0 Å². The molecule has 1 aromatic carbocycles. The molecule has 1 unspecified atom stereocenters. The number of carbonyl (C=O) groups excluding carboxylic acids is 1. The highest BCUT2D eigenvalue weighted by Gasteiger charge is 2.32. The van der Waals surface area contributed by atoms with Gasteiger partial charge in [0, 0.05) is 19.2 Å². The Morgan fingerprint density at radius 1 is 1.28 bits per heavy atom. The van der Waals surface area contributed by atoms with Crippen molar-refractivity contribution in [2.24, 2.45) is 0 Å². The maximum absolute atomic E-state index is 12.6. The highest BCUT2D eigenvalue weighted by Crippen LogP contribution is 2.33. The van der Waals surface area contributed by atoms with Crippen molar-refractivity contribution < 1.29 is 18.8 Å². The fourth-order valence-electron chi connectivity index (χ4n) is 3.32. The Morgan fingerprint density at radius 3 is 2.92 bits per heavy atom. The minimum atomic E-state index is -0.0913. The molecule has 1 N–H and O–H groups in total. The SMILES string of the molecule is Cc1cc(C2CCCN2C(=O)NCc2ccc3c(c2)OCCO3)on1. The number of likely N-dealkylation sites (tertiary alicyclic amines) is 1. The summed E-state index contributed by atoms with van der Waals surface area (Å²) in [6, 6.07) is 7.50. The van der Waals surface area contributed by atoms with Crippen molar-refractivity contribution in [1.29, 1.82) is 0 Å². The number of rotatable bonds is 3. The number of amides is 2. The van der Waals surface area contributed by atoms with Gasteiger partial charge in [0.2, 0.25) is 0 Å². The molecule has 0 aliphatic carbocycles. The summed E-state index contributed by atoms with van der Waals surface area (Å²) in [4.78, 5) is 14.4. The normalized spacial score (nSPS) is 19.1. The van der Waals surface area contributed by atoms with Gasteiger partial charge in [-0.3, -0.25) is 0 Å². The summed E-state index contributed by atoms with van der Waals surface area (Å²) in [5.74, 6) is 2.24. The molecule has 25 heavy (non-hydrogen) atoms. The number of nitrogens with one attached hydrogen (secondary N) is 1. The van der Waals surface area contributed by atoms with E-state index in [2.05, 4.69) is 10.5 Å². The van der Waals surface area contributed by atoms with Gasteiger partial charge in [-0.05, 0) is 37.5 Å². The first-order valence-electron chi connectivity index (χ1n) is 8.57. The number of hydrogen-bond donors (Lipinski definition) is 1. The van der Waals surface area contributed by atoms with Crippen LogP contribution in [-0.4, -0.2) is 35.8 Å². The van der Waals surface area contributed by atoms with Gasteiger partial charge >= 0.3 is 6.03 Å². The molecule has 7 heteroatoms. The molecule has 1 saturated heterocycles. The molecule has 1 atom stereocenters. The van der Waals surface area contributed by atoms with Gasteiger partial charge in [0.15, 0.2) is 17.3 Å². The first kappa shape index (κ1) is 15.8. The van der Waals surface area contributed by atoms with E-state index in [1.54, 1.807) is 0 Å². The van der Waals surface area contributed by atoms with E-state index in [9.17, 15) is 4.79 Å². The maximum atomic E-state index is 12.6. The lowest BCUT2D eigenvalue weighted by Gasteiger charge is -2.23. The molecule has 0 spiro atoms. The Kier molecular flexibility index (Phi) is 4.21. The molecule has 2 aromatic rings. The van der Waals surface area contributed by atoms with Crippen molar-refractivity contribution in [3.63, 3.8) is 0 Å². The molecule has 132 valence electrons. The number of carbonyl (C=O) groups is 1. The van der Waals surface area contributed by atoms with Crippen LogP contribution in [0.5, 0.6) is 11.5 Å². The van der Waals surface area contributed by atoms with Gasteiger partial charge in [0.05, 0.1) is 11.7 Å². The van der Waals surface area contributed by atoms with Crippen LogP contribution in [0.25, 0.3) is 0 Å². The second-order valence-electron chi connectivity index (χ2n) is 6.36. The van der Waals surface area contributed by atoms with E-state index in [-0.39, 0.29) is 12.1 Å². The van der Waals surface area contributed by atoms with E-state index in [0.717, 1.165) is 47.9 Å². The van der Waals surface area contributed by atoms with Crippen LogP contribution in [0.3, 0.4) is 0 Å². The third-order valence-electron chi connectivity index (χ3n) is 4.54. The van der Waals surface area contributed by atoms with Crippen LogP contribution >= 0.6 is 0 Å². The molecular formula is C18H21N3O4. The van der Waals surface area contributed by atoms with Crippen LogP contribution in [0.15, 0.2) is 28.8 Å². The lowest BCUT2D eigenvalue weighted by molar-refractivity contribution is 0.171. The number of benzene rings is 1. The number of fused-ring (bicyclic) bond motifs is 1. The molecular weight excluding hydrogens is 322 g/mol. The number of nitrogens with zero attached hydrogens (tertiary/aromatic N) is 2. The van der Waals surface area contributed by atoms with E-state index < -0.39 is 0 Å². The number of aromatic nitrogens is 1. The third-order valence-corrected chi connectivity index (χ3v) is 4.54. The number of hydrogen-bond acceptors (Lipinski definition) is 5. The van der Waals surface area contributed by atoms with Crippen LogP contribution in [0, 0.1) is 6.92 Å². The maximum Gasteiger partial charge on any atom is 0.318 e. The van der Waals surface area contributed by atoms with Crippen molar-refractivity contribution in [2.45, 2.75) is 32.4 Å². The summed E-state index contributed by atoms with van der Waals surface area (Å²) in [6.07, 6.45) is 1.86. The minimum Gasteiger partial charge on any atom is -0.486 e. The smallest absolute Gasteiger partial charge is 0.318 e. The topological polar surface area (TPSA) is 76.8 Å². The molecule has 1 fully saturated rings. The van der Waals surface area contributed by atoms with Crippen LogP contribution < -0.4 is 14.8 Å². The number of ether oxygens (including phenoxy) is 2. The van der Waals surface area contributed by atoms with Crippen LogP contribution in [0.1, 0.15) is 35.9 Å². The highest BCUT2D eigenvalue weighted by atomic mass is 16.6. The van der Waals surface area contributed by atoms with Crippen molar-refractivity contribution in [3.05, 3.63) is 41.3 Å². The fourth-order valence-corrected chi connectivity index (χ4v) is 3.32. The van der Waals surface area contributed by atoms with Crippen molar-refractivity contribution in [3.8, 4) is 11.5 Å². The first-order chi connectivity index (χ1) is 12.2. The third kappa shape index (κ3) is 3.26. The average Bonchev–Trinajstić information content (AvgIpc) is 3.28. The van der Waals surface area contributed by atoms with Gasteiger partial charge < -0.3 is 24.2 Å². The summed E-state index contributed by atoms with van der Waals surface area (Å²) >= 11 is 0. The Morgan fingerprint density at radius 2 is 2.12 bits per heavy atom. The molecule has 4 rings (SSSR count). The molecule has 2 aliphatic rings. The van der Waals surface area contributed by atoms with Gasteiger partial charge in [-0.2, -0.15) is 0 Å². The van der Waals surface area contributed by atoms with Crippen molar-refractivity contribution in [2.75, 3.05) is 19.8 Å². The van der Waals surface area contributed by atoms with Crippen LogP contribution in [0.4, 0.5) is 4.79 Å². The molecule has 3 heterocycles. The Labute approximate surface area is 145 Å². The molecule has 2 amide bonds. The largest absolute Gasteiger partial charge is 0.486 e. The molecule has 0 bridgehead atoms. The average molecular weight is 343 g/mol. The summed E-state index contributed by atoms with van der Waals surface area (Å²) in [5, 5.41) is 6.91. The van der Waals surface area contributed by atoms with Gasteiger partial charge in [-0.15, -0.1) is 0 Å². The molecule has 7 nitrogen and oxygen atoms in total. The quantitative estimate of drug-likeness (QED) is 0.927. The predicted octanol–water partition coefficient (Wildman–Crippen LogP) is 2.80. The molecule has 2 aliphatic heterocycles. The fraction of sp³-hybridized carbons (Fsp3) is 0.444. The Bertz CT molecular complexity index is 773. The summed E-state index contributed by atoms with van der Waals surface area (Å²) < 4.78 is 16.4. The highest BCUT2D eigenvalue weighted by molar-refractivity contribution is 5.75. The van der Waals surface area contributed by atoms with E-state index in [1.807, 2.05) is 36.1 Å². The van der Waals surface area contributed by atoms with E-state index in [4.69, 9.17) is 14.0 Å². The van der Waals surface area contributed by atoms with E-state index >= 15 is 0 Å². The zero-order valence-corrected chi connectivity index (χ0v) is 14.2. The zero-order valence-electron chi connectivity index (χ0n) is 14.2. The van der Waals surface area contributed by atoms with Crippen LogP contribution in [0.2, 0.25) is 0 Å². The summed E-state index contributed by atoms with van der Waals surface area (Å²) in [7, 11) is 0. The summed E-state index contributed by atoms with van der Waals surface area (Å²) in [5.41, 5.74) is 1.81.